The van der Waals surface area contributed by atoms with Gasteiger partial charge in [0, 0.05) is 24.8 Å². The van der Waals surface area contributed by atoms with Crippen LogP contribution in [0.5, 0.6) is 0 Å². The Balaban J connectivity index is 1.36. The van der Waals surface area contributed by atoms with Crippen molar-refractivity contribution < 1.29 is 14.0 Å². The maximum atomic E-state index is 13.9. The average Bonchev–Trinajstić information content (AvgIpc) is 3.47. The highest BCUT2D eigenvalue weighted by Gasteiger charge is 2.45. The number of nitrogens with one attached hydrogen (secondary N) is 1. The molecule has 2 fully saturated rings. The van der Waals surface area contributed by atoms with Gasteiger partial charge in [-0.05, 0) is 62.3 Å². The van der Waals surface area contributed by atoms with Gasteiger partial charge < -0.3 is 10.2 Å². The summed E-state index contributed by atoms with van der Waals surface area (Å²) in [7, 11) is 0. The monoisotopic (exact) mass is 381 g/mol. The van der Waals surface area contributed by atoms with E-state index < -0.39 is 6.04 Å². The molecule has 1 atom stereocenters. The number of piperidine rings is 1. The molecule has 6 heteroatoms. The fourth-order valence-electron chi connectivity index (χ4n) is 3.85. The van der Waals surface area contributed by atoms with E-state index in [0.717, 1.165) is 25.9 Å². The van der Waals surface area contributed by atoms with Gasteiger partial charge >= 0.3 is 0 Å². The van der Waals surface area contributed by atoms with Gasteiger partial charge in [0.1, 0.15) is 11.9 Å². The van der Waals surface area contributed by atoms with Crippen LogP contribution in [0.15, 0.2) is 42.6 Å². The molecule has 1 saturated carbocycles. The Morgan fingerprint density at radius 2 is 1.82 bits per heavy atom. The van der Waals surface area contributed by atoms with Gasteiger partial charge in [-0.3, -0.25) is 14.6 Å². The Kier molecular flexibility index (Phi) is 4.87. The Morgan fingerprint density at radius 3 is 2.43 bits per heavy atom. The lowest BCUT2D eigenvalue weighted by Crippen LogP contribution is -2.49. The van der Waals surface area contributed by atoms with Crippen LogP contribution in [0, 0.1) is 11.2 Å². The SMILES string of the molecule is C[C@H](NC(=O)c1ccc(-c2ccccc2F)nc1)C(=O)N1CCC2(CC1)CC2. The molecule has 1 N–H and O–H groups in total. The van der Waals surface area contributed by atoms with E-state index in [1.165, 1.54) is 25.1 Å². The van der Waals surface area contributed by atoms with E-state index in [2.05, 4.69) is 10.3 Å². The van der Waals surface area contributed by atoms with E-state index in [-0.39, 0.29) is 17.6 Å². The zero-order valence-corrected chi connectivity index (χ0v) is 16.0. The van der Waals surface area contributed by atoms with Gasteiger partial charge in [0.05, 0.1) is 11.3 Å². The van der Waals surface area contributed by atoms with Crippen LogP contribution in [-0.4, -0.2) is 40.8 Å². The number of hydrogen-bond acceptors (Lipinski definition) is 3. The molecule has 0 unspecified atom stereocenters. The lowest BCUT2D eigenvalue weighted by Gasteiger charge is -2.33. The van der Waals surface area contributed by atoms with Crippen molar-refractivity contribution in [3.63, 3.8) is 0 Å². The fraction of sp³-hybridized carbons (Fsp3) is 0.409. The van der Waals surface area contributed by atoms with Gasteiger partial charge in [-0.1, -0.05) is 12.1 Å². The Labute approximate surface area is 164 Å². The molecule has 146 valence electrons. The molecule has 2 amide bonds. The van der Waals surface area contributed by atoms with Crippen molar-refractivity contribution in [2.24, 2.45) is 5.41 Å². The quantitative estimate of drug-likeness (QED) is 0.883. The predicted molar refractivity (Wildman–Crippen MR) is 104 cm³/mol. The molecular weight excluding hydrogens is 357 g/mol. The van der Waals surface area contributed by atoms with Crippen LogP contribution < -0.4 is 5.32 Å². The van der Waals surface area contributed by atoms with Crippen molar-refractivity contribution in [1.29, 1.82) is 0 Å². The predicted octanol–water partition coefficient (Wildman–Crippen LogP) is 3.41. The highest BCUT2D eigenvalue weighted by Crippen LogP contribution is 2.53. The molecule has 4 rings (SSSR count). The van der Waals surface area contributed by atoms with E-state index in [0.29, 0.717) is 22.2 Å². The van der Waals surface area contributed by atoms with E-state index in [9.17, 15) is 14.0 Å². The highest BCUT2D eigenvalue weighted by atomic mass is 19.1. The molecule has 1 aliphatic heterocycles. The Hall–Kier alpha value is -2.76. The van der Waals surface area contributed by atoms with Crippen molar-refractivity contribution in [2.45, 2.75) is 38.6 Å². The van der Waals surface area contributed by atoms with E-state index in [1.54, 1.807) is 37.3 Å². The molecule has 1 aromatic heterocycles. The minimum absolute atomic E-state index is 0.0419. The number of carbonyl (C=O) groups is 2. The first kappa shape index (κ1) is 18.6. The van der Waals surface area contributed by atoms with E-state index in [1.807, 2.05) is 4.90 Å². The van der Waals surface area contributed by atoms with Crippen LogP contribution >= 0.6 is 0 Å². The zero-order valence-electron chi connectivity index (χ0n) is 16.0. The van der Waals surface area contributed by atoms with Crippen LogP contribution in [0.2, 0.25) is 0 Å². The lowest BCUT2D eigenvalue weighted by molar-refractivity contribution is -0.134. The lowest BCUT2D eigenvalue weighted by atomic mass is 9.93. The minimum atomic E-state index is -0.591. The normalized spacial score (nSPS) is 18.6. The summed E-state index contributed by atoms with van der Waals surface area (Å²) in [6.45, 7) is 3.26. The van der Waals surface area contributed by atoms with Gasteiger partial charge in [-0.25, -0.2) is 4.39 Å². The molecule has 5 nitrogen and oxygen atoms in total. The number of nitrogens with zero attached hydrogens (tertiary/aromatic N) is 2. The maximum absolute atomic E-state index is 13.9. The first-order chi connectivity index (χ1) is 13.5. The molecule has 0 radical (unpaired) electrons. The van der Waals surface area contributed by atoms with Gasteiger partial charge in [-0.2, -0.15) is 0 Å². The van der Waals surface area contributed by atoms with Crippen LogP contribution in [0.4, 0.5) is 4.39 Å². The number of carbonyl (C=O) groups excluding carboxylic acids is 2. The molecule has 28 heavy (non-hydrogen) atoms. The molecule has 2 heterocycles. The van der Waals surface area contributed by atoms with Gasteiger partial charge in [-0.15, -0.1) is 0 Å². The molecule has 1 aliphatic carbocycles. The number of pyridine rings is 1. The van der Waals surface area contributed by atoms with Crippen molar-refractivity contribution in [3.8, 4) is 11.3 Å². The molecular formula is C22H24FN3O2. The second kappa shape index (κ2) is 7.34. The maximum Gasteiger partial charge on any atom is 0.253 e. The van der Waals surface area contributed by atoms with Crippen molar-refractivity contribution >= 4 is 11.8 Å². The number of benzene rings is 1. The second-order valence-corrected chi connectivity index (χ2v) is 7.93. The topological polar surface area (TPSA) is 62.3 Å². The summed E-state index contributed by atoms with van der Waals surface area (Å²) in [5, 5.41) is 2.76. The summed E-state index contributed by atoms with van der Waals surface area (Å²) in [4.78, 5) is 31.2. The van der Waals surface area contributed by atoms with Crippen molar-refractivity contribution in [2.75, 3.05) is 13.1 Å². The first-order valence-electron chi connectivity index (χ1n) is 9.78. The summed E-state index contributed by atoms with van der Waals surface area (Å²) < 4.78 is 13.9. The summed E-state index contributed by atoms with van der Waals surface area (Å²) >= 11 is 0. The third-order valence-electron chi connectivity index (χ3n) is 5.99. The third kappa shape index (κ3) is 3.77. The smallest absolute Gasteiger partial charge is 0.253 e. The molecule has 2 aliphatic rings. The van der Waals surface area contributed by atoms with Gasteiger partial charge in [0.2, 0.25) is 5.91 Å². The molecule has 1 saturated heterocycles. The number of likely N-dealkylation sites (tertiary alicyclic amines) is 1. The first-order valence-corrected chi connectivity index (χ1v) is 9.78. The fourth-order valence-corrected chi connectivity index (χ4v) is 3.85. The molecule has 1 spiro atoms. The van der Waals surface area contributed by atoms with Gasteiger partial charge in [0.15, 0.2) is 0 Å². The number of amides is 2. The molecule has 2 aromatic rings. The summed E-state index contributed by atoms with van der Waals surface area (Å²) in [6, 6.07) is 8.98. The second-order valence-electron chi connectivity index (χ2n) is 7.93. The molecule has 0 bridgehead atoms. The number of halogens is 1. The van der Waals surface area contributed by atoms with E-state index >= 15 is 0 Å². The molecule has 1 aromatic carbocycles. The Bertz CT molecular complexity index is 883. The minimum Gasteiger partial charge on any atom is -0.341 e. The highest BCUT2D eigenvalue weighted by molar-refractivity contribution is 5.97. The van der Waals surface area contributed by atoms with Crippen LogP contribution in [0.3, 0.4) is 0 Å². The van der Waals surface area contributed by atoms with Crippen molar-refractivity contribution in [1.82, 2.24) is 15.2 Å². The summed E-state index contributed by atoms with van der Waals surface area (Å²) in [5.74, 6) is -0.759. The van der Waals surface area contributed by atoms with E-state index in [4.69, 9.17) is 0 Å². The Morgan fingerprint density at radius 1 is 1.11 bits per heavy atom. The summed E-state index contributed by atoms with van der Waals surface area (Å²) in [6.07, 6.45) is 6.13. The van der Waals surface area contributed by atoms with Gasteiger partial charge in [0.25, 0.3) is 5.91 Å². The third-order valence-corrected chi connectivity index (χ3v) is 5.99. The average molecular weight is 381 g/mol. The number of aromatic nitrogens is 1. The number of hydrogen-bond donors (Lipinski definition) is 1. The van der Waals surface area contributed by atoms with Crippen LogP contribution in [-0.2, 0) is 4.79 Å². The van der Waals surface area contributed by atoms with Crippen LogP contribution in [0.25, 0.3) is 11.3 Å². The van der Waals surface area contributed by atoms with Crippen LogP contribution in [0.1, 0.15) is 43.0 Å². The largest absolute Gasteiger partial charge is 0.341 e. The number of rotatable bonds is 4. The summed E-state index contributed by atoms with van der Waals surface area (Å²) in [5.41, 5.74) is 1.70. The standard InChI is InChI=1S/C22H24FN3O2/c1-15(21(28)26-12-10-22(8-9-22)11-13-26)25-20(27)16-6-7-19(24-14-16)17-4-2-3-5-18(17)23/h2-7,14-15H,8-13H2,1H3,(H,25,27)/t15-/m0/s1. The zero-order chi connectivity index (χ0) is 19.7. The van der Waals surface area contributed by atoms with Crippen molar-refractivity contribution in [3.05, 3.63) is 54.0 Å².